The maximum absolute atomic E-state index is 10.7. The lowest BCUT2D eigenvalue weighted by Gasteiger charge is -2.04. The van der Waals surface area contributed by atoms with Crippen molar-refractivity contribution in [2.24, 2.45) is 0 Å². The van der Waals surface area contributed by atoms with Crippen LogP contribution in [-0.2, 0) is 9.59 Å². The molecule has 0 saturated heterocycles. The number of aliphatic carboxylic acids is 2. The Kier molecular flexibility index (Phi) is 20.5. The van der Waals surface area contributed by atoms with Crippen LogP contribution < -0.4 is 0 Å². The Morgan fingerprint density at radius 2 is 0.645 bits per heavy atom. The standard InChI is InChI=1S/C27H48O4/c1-24(26(28)29)22-20-18-16-14-12-10-8-6-4-3-5-7-9-11-13-15-17-19-21-23-25(2)27(30)31/h22-23H,3-21H2,1-2H3,(H,28,29)(H,30,31)/b24-22+,25-23+. The van der Waals surface area contributed by atoms with E-state index < -0.39 is 11.9 Å². The summed E-state index contributed by atoms with van der Waals surface area (Å²) in [5.41, 5.74) is 0.935. The number of hydrogen-bond donors (Lipinski definition) is 2. The topological polar surface area (TPSA) is 74.6 Å². The van der Waals surface area contributed by atoms with Gasteiger partial charge in [0.25, 0.3) is 0 Å². The molecule has 0 spiro atoms. The monoisotopic (exact) mass is 436 g/mol. The third-order valence-electron chi connectivity index (χ3n) is 5.98. The lowest BCUT2D eigenvalue weighted by Crippen LogP contribution is -1.95. The van der Waals surface area contributed by atoms with Gasteiger partial charge in [-0.05, 0) is 39.5 Å². The Balaban J connectivity index is 3.19. The number of carbonyl (C=O) groups is 2. The summed E-state index contributed by atoms with van der Waals surface area (Å²) in [6.45, 7) is 3.33. The molecule has 0 aliphatic rings. The average molecular weight is 437 g/mol. The third-order valence-corrected chi connectivity index (χ3v) is 5.98. The lowest BCUT2D eigenvalue weighted by molar-refractivity contribution is -0.133. The lowest BCUT2D eigenvalue weighted by atomic mass is 10.0. The molecule has 0 aliphatic carbocycles. The van der Waals surface area contributed by atoms with Crippen LogP contribution in [0.1, 0.15) is 136 Å². The van der Waals surface area contributed by atoms with Crippen molar-refractivity contribution < 1.29 is 19.8 Å². The Bertz CT molecular complexity index is 473. The summed E-state index contributed by atoms with van der Waals surface area (Å²) < 4.78 is 0. The summed E-state index contributed by atoms with van der Waals surface area (Å²) in [7, 11) is 0. The van der Waals surface area contributed by atoms with Gasteiger partial charge in [0.15, 0.2) is 0 Å². The molecular weight excluding hydrogens is 388 g/mol. The number of allylic oxidation sites excluding steroid dienone is 2. The molecule has 0 aliphatic heterocycles. The van der Waals surface area contributed by atoms with E-state index in [1.165, 1.54) is 96.3 Å². The first kappa shape index (κ1) is 29.4. The van der Waals surface area contributed by atoms with Crippen molar-refractivity contribution in [2.75, 3.05) is 0 Å². The minimum atomic E-state index is -0.800. The SMILES string of the molecule is C/C(=C\CCCCCCCCCCCCCCCCCCC/C=C(\C)C(=O)O)C(=O)O. The van der Waals surface area contributed by atoms with Crippen molar-refractivity contribution in [3.05, 3.63) is 23.3 Å². The van der Waals surface area contributed by atoms with Crippen LogP contribution in [0, 0.1) is 0 Å². The molecule has 0 radical (unpaired) electrons. The highest BCUT2D eigenvalue weighted by molar-refractivity contribution is 5.86. The predicted molar refractivity (Wildman–Crippen MR) is 131 cm³/mol. The first-order chi connectivity index (χ1) is 14.9. The Morgan fingerprint density at radius 1 is 0.452 bits per heavy atom. The fourth-order valence-electron chi connectivity index (χ4n) is 3.75. The summed E-state index contributed by atoms with van der Waals surface area (Å²) in [5.74, 6) is -1.60. The second kappa shape index (κ2) is 21.6. The molecule has 4 heteroatoms. The zero-order chi connectivity index (χ0) is 23.2. The predicted octanol–water partition coefficient (Wildman–Crippen LogP) is 8.46. The summed E-state index contributed by atoms with van der Waals surface area (Å²) in [6.07, 6.45) is 27.6. The normalized spacial score (nSPS) is 12.3. The zero-order valence-electron chi connectivity index (χ0n) is 20.3. The Hall–Kier alpha value is -1.58. The minimum absolute atomic E-state index is 0.467. The molecule has 31 heavy (non-hydrogen) atoms. The average Bonchev–Trinajstić information content (AvgIpc) is 2.74. The minimum Gasteiger partial charge on any atom is -0.478 e. The van der Waals surface area contributed by atoms with Gasteiger partial charge in [-0.15, -0.1) is 0 Å². The molecule has 0 rings (SSSR count). The van der Waals surface area contributed by atoms with Gasteiger partial charge in [0.2, 0.25) is 0 Å². The van der Waals surface area contributed by atoms with E-state index in [1.54, 1.807) is 13.8 Å². The molecule has 0 amide bonds. The quantitative estimate of drug-likeness (QED) is 0.132. The molecule has 0 aromatic rings. The van der Waals surface area contributed by atoms with Crippen LogP contribution >= 0.6 is 0 Å². The summed E-state index contributed by atoms with van der Waals surface area (Å²) in [4.78, 5) is 21.4. The van der Waals surface area contributed by atoms with Gasteiger partial charge in [-0.25, -0.2) is 9.59 Å². The van der Waals surface area contributed by atoms with Crippen LogP contribution in [0.25, 0.3) is 0 Å². The molecule has 0 bridgehead atoms. The second-order valence-corrected chi connectivity index (χ2v) is 8.97. The zero-order valence-corrected chi connectivity index (χ0v) is 20.3. The summed E-state index contributed by atoms with van der Waals surface area (Å²) in [5, 5.41) is 17.6. The van der Waals surface area contributed by atoms with Gasteiger partial charge < -0.3 is 10.2 Å². The largest absolute Gasteiger partial charge is 0.478 e. The molecule has 0 aromatic heterocycles. The molecule has 0 unspecified atom stereocenters. The highest BCUT2D eigenvalue weighted by atomic mass is 16.4. The van der Waals surface area contributed by atoms with Crippen LogP contribution in [0.3, 0.4) is 0 Å². The maximum atomic E-state index is 10.7. The summed E-state index contributed by atoms with van der Waals surface area (Å²) >= 11 is 0. The van der Waals surface area contributed by atoms with Crippen molar-refractivity contribution in [1.82, 2.24) is 0 Å². The molecule has 4 nitrogen and oxygen atoms in total. The molecule has 0 fully saturated rings. The first-order valence-corrected chi connectivity index (χ1v) is 12.7. The molecular formula is C27H48O4. The third kappa shape index (κ3) is 21.4. The van der Waals surface area contributed by atoms with Crippen LogP contribution in [0.2, 0.25) is 0 Å². The molecule has 0 atom stereocenters. The van der Waals surface area contributed by atoms with Gasteiger partial charge in [-0.1, -0.05) is 108 Å². The van der Waals surface area contributed by atoms with Crippen molar-refractivity contribution in [3.8, 4) is 0 Å². The van der Waals surface area contributed by atoms with E-state index in [2.05, 4.69) is 0 Å². The number of hydrogen-bond acceptors (Lipinski definition) is 2. The van der Waals surface area contributed by atoms with Gasteiger partial charge in [0.05, 0.1) is 0 Å². The number of unbranched alkanes of at least 4 members (excludes halogenated alkanes) is 18. The van der Waals surface area contributed by atoms with Crippen molar-refractivity contribution >= 4 is 11.9 Å². The number of carboxylic acids is 2. The Labute approximate surface area is 191 Å². The van der Waals surface area contributed by atoms with Gasteiger partial charge >= 0.3 is 11.9 Å². The molecule has 180 valence electrons. The molecule has 0 heterocycles. The molecule has 2 N–H and O–H groups in total. The van der Waals surface area contributed by atoms with E-state index in [1.807, 2.05) is 12.2 Å². The fourth-order valence-corrected chi connectivity index (χ4v) is 3.75. The maximum Gasteiger partial charge on any atom is 0.330 e. The van der Waals surface area contributed by atoms with Crippen molar-refractivity contribution in [1.29, 1.82) is 0 Å². The van der Waals surface area contributed by atoms with Crippen molar-refractivity contribution in [2.45, 2.75) is 136 Å². The van der Waals surface area contributed by atoms with Crippen LogP contribution in [0.4, 0.5) is 0 Å². The first-order valence-electron chi connectivity index (χ1n) is 12.7. The van der Waals surface area contributed by atoms with Gasteiger partial charge in [-0.2, -0.15) is 0 Å². The fraction of sp³-hybridized carbons (Fsp3) is 0.778. The van der Waals surface area contributed by atoms with Gasteiger partial charge in [0, 0.05) is 11.1 Å². The second-order valence-electron chi connectivity index (χ2n) is 8.97. The van der Waals surface area contributed by atoms with E-state index in [9.17, 15) is 9.59 Å². The smallest absolute Gasteiger partial charge is 0.330 e. The summed E-state index contributed by atoms with van der Waals surface area (Å²) in [6, 6.07) is 0. The van der Waals surface area contributed by atoms with Crippen molar-refractivity contribution in [3.63, 3.8) is 0 Å². The van der Waals surface area contributed by atoms with E-state index in [0.717, 1.165) is 25.7 Å². The van der Waals surface area contributed by atoms with E-state index >= 15 is 0 Å². The van der Waals surface area contributed by atoms with E-state index in [4.69, 9.17) is 10.2 Å². The number of carboxylic acid groups (broad SMARTS) is 2. The van der Waals surface area contributed by atoms with Crippen LogP contribution in [0.15, 0.2) is 23.3 Å². The van der Waals surface area contributed by atoms with Gasteiger partial charge in [-0.3, -0.25) is 0 Å². The van der Waals surface area contributed by atoms with E-state index in [0.29, 0.717) is 11.1 Å². The Morgan fingerprint density at radius 3 is 0.839 bits per heavy atom. The van der Waals surface area contributed by atoms with Gasteiger partial charge in [0.1, 0.15) is 0 Å². The van der Waals surface area contributed by atoms with Crippen LogP contribution in [0.5, 0.6) is 0 Å². The molecule has 0 aromatic carbocycles. The molecule has 0 saturated carbocycles. The number of rotatable bonds is 22. The highest BCUT2D eigenvalue weighted by Gasteiger charge is 1.99. The van der Waals surface area contributed by atoms with Crippen LogP contribution in [-0.4, -0.2) is 22.2 Å². The van der Waals surface area contributed by atoms with E-state index in [-0.39, 0.29) is 0 Å². The highest BCUT2D eigenvalue weighted by Crippen LogP contribution is 2.15.